The van der Waals surface area contributed by atoms with Gasteiger partial charge >= 0.3 is 0 Å². The highest BCUT2D eigenvalue weighted by Gasteiger charge is 2.51. The van der Waals surface area contributed by atoms with Crippen molar-refractivity contribution in [1.82, 2.24) is 9.89 Å². The van der Waals surface area contributed by atoms with Crippen molar-refractivity contribution in [3.05, 3.63) is 57.3 Å². The van der Waals surface area contributed by atoms with Crippen molar-refractivity contribution in [3.8, 4) is 17.0 Å². The van der Waals surface area contributed by atoms with Crippen LogP contribution in [0, 0.1) is 23.2 Å². The highest BCUT2D eigenvalue weighted by Crippen LogP contribution is 2.61. The van der Waals surface area contributed by atoms with Crippen molar-refractivity contribution in [1.29, 1.82) is 0 Å². The first-order valence-electron chi connectivity index (χ1n) is 12.1. The van der Waals surface area contributed by atoms with Gasteiger partial charge in [0.2, 0.25) is 5.91 Å². The number of hydrogen-bond acceptors (Lipinski definition) is 4. The van der Waals surface area contributed by atoms with Gasteiger partial charge in [0.1, 0.15) is 11.4 Å². The van der Waals surface area contributed by atoms with E-state index >= 15 is 0 Å². The SMILES string of the molecule is COc1ccc(-c2nn(NC(=O)CC34CC5CC(CC(C5)C3)C4)c(=O)c3cc(Br)ccc23)cc1. The zero-order valence-electron chi connectivity index (χ0n) is 19.2. The number of nitrogens with zero attached hydrogens (tertiary/aromatic N) is 2. The third-order valence-corrected chi connectivity index (χ3v) is 8.65. The van der Waals surface area contributed by atoms with E-state index in [1.54, 1.807) is 13.2 Å². The van der Waals surface area contributed by atoms with Crippen LogP contribution in [-0.2, 0) is 4.79 Å². The second-order valence-corrected chi connectivity index (χ2v) is 11.5. The predicted molar refractivity (Wildman–Crippen MR) is 135 cm³/mol. The molecule has 1 heterocycles. The molecular formula is C27H28BrN3O3. The number of hydrogen-bond donors (Lipinski definition) is 1. The Labute approximate surface area is 206 Å². The highest BCUT2D eigenvalue weighted by atomic mass is 79.9. The summed E-state index contributed by atoms with van der Waals surface area (Å²) in [6, 6.07) is 13.1. The van der Waals surface area contributed by atoms with Crippen LogP contribution < -0.4 is 15.7 Å². The van der Waals surface area contributed by atoms with Gasteiger partial charge in [-0.15, -0.1) is 9.89 Å². The molecule has 176 valence electrons. The molecule has 4 saturated carbocycles. The Morgan fingerprint density at radius 1 is 1.06 bits per heavy atom. The minimum absolute atomic E-state index is 0.0983. The zero-order chi connectivity index (χ0) is 23.4. The normalized spacial score (nSPS) is 27.2. The number of carbonyl (C=O) groups excluding carboxylic acids is 1. The van der Waals surface area contributed by atoms with Crippen molar-refractivity contribution >= 4 is 32.6 Å². The Morgan fingerprint density at radius 2 is 1.71 bits per heavy atom. The lowest BCUT2D eigenvalue weighted by Crippen LogP contribution is -2.48. The average Bonchev–Trinajstić information content (AvgIpc) is 2.80. The lowest BCUT2D eigenvalue weighted by Gasteiger charge is -2.56. The zero-order valence-corrected chi connectivity index (χ0v) is 20.8. The highest BCUT2D eigenvalue weighted by molar-refractivity contribution is 9.10. The molecule has 1 amide bonds. The molecule has 4 fully saturated rings. The molecule has 2 aromatic carbocycles. The number of benzene rings is 2. The molecule has 0 atom stereocenters. The van der Waals surface area contributed by atoms with Crippen LogP contribution in [0.15, 0.2) is 51.7 Å². The summed E-state index contributed by atoms with van der Waals surface area (Å²) < 4.78 is 6.08. The molecule has 0 radical (unpaired) electrons. The van der Waals surface area contributed by atoms with E-state index in [0.29, 0.717) is 17.5 Å². The maximum absolute atomic E-state index is 13.3. The Hall–Kier alpha value is -2.67. The van der Waals surface area contributed by atoms with Gasteiger partial charge in [-0.2, -0.15) is 0 Å². The van der Waals surface area contributed by atoms with E-state index in [-0.39, 0.29) is 16.9 Å². The largest absolute Gasteiger partial charge is 0.497 e. The Kier molecular flexibility index (Phi) is 5.28. The van der Waals surface area contributed by atoms with Gasteiger partial charge in [0.05, 0.1) is 12.5 Å². The standard InChI is InChI=1S/C27H28BrN3O3/c1-34-21-5-2-19(3-6-21)25-22-7-4-20(28)11-23(22)26(33)31(30-25)29-24(32)15-27-12-16-8-17(13-27)10-18(9-16)14-27/h2-7,11,16-18H,8-10,12-15H2,1H3,(H,29,32). The van der Waals surface area contributed by atoms with E-state index in [0.717, 1.165) is 63.0 Å². The summed E-state index contributed by atoms with van der Waals surface area (Å²) in [6.07, 6.45) is 7.94. The van der Waals surface area contributed by atoms with Gasteiger partial charge < -0.3 is 4.74 Å². The van der Waals surface area contributed by atoms with Crippen LogP contribution in [0.2, 0.25) is 0 Å². The summed E-state index contributed by atoms with van der Waals surface area (Å²) in [6.45, 7) is 0. The van der Waals surface area contributed by atoms with Crippen molar-refractivity contribution in [2.24, 2.45) is 23.2 Å². The smallest absolute Gasteiger partial charge is 0.294 e. The third kappa shape index (κ3) is 3.84. The number of fused-ring (bicyclic) bond motifs is 1. The molecule has 1 aromatic heterocycles. The molecule has 4 bridgehead atoms. The molecule has 4 aliphatic rings. The Morgan fingerprint density at radius 3 is 2.32 bits per heavy atom. The predicted octanol–water partition coefficient (Wildman–Crippen LogP) is 5.51. The molecule has 7 rings (SSSR count). The number of nitrogens with one attached hydrogen (secondary N) is 1. The molecule has 1 N–H and O–H groups in total. The Balaban J connectivity index is 1.34. The Bertz CT molecular complexity index is 1300. The van der Waals surface area contributed by atoms with Gasteiger partial charge in [-0.25, -0.2) is 5.43 Å². The quantitative estimate of drug-likeness (QED) is 0.480. The van der Waals surface area contributed by atoms with E-state index in [9.17, 15) is 9.59 Å². The maximum Gasteiger partial charge on any atom is 0.294 e. The van der Waals surface area contributed by atoms with E-state index < -0.39 is 0 Å². The summed E-state index contributed by atoms with van der Waals surface area (Å²) in [7, 11) is 1.62. The monoisotopic (exact) mass is 521 g/mol. The second kappa shape index (κ2) is 8.22. The van der Waals surface area contributed by atoms with Crippen LogP contribution in [0.3, 0.4) is 0 Å². The second-order valence-electron chi connectivity index (χ2n) is 10.6. The van der Waals surface area contributed by atoms with Crippen LogP contribution in [0.5, 0.6) is 5.75 Å². The van der Waals surface area contributed by atoms with Crippen LogP contribution in [-0.4, -0.2) is 22.9 Å². The molecule has 0 spiro atoms. The van der Waals surface area contributed by atoms with Gasteiger partial charge in [-0.3, -0.25) is 9.59 Å². The number of amides is 1. The maximum atomic E-state index is 13.3. The topological polar surface area (TPSA) is 73.2 Å². The van der Waals surface area contributed by atoms with Gasteiger partial charge in [-0.1, -0.05) is 22.0 Å². The molecule has 0 aliphatic heterocycles. The van der Waals surface area contributed by atoms with E-state index in [1.165, 1.54) is 19.3 Å². The summed E-state index contributed by atoms with van der Waals surface area (Å²) in [5.74, 6) is 2.96. The lowest BCUT2D eigenvalue weighted by molar-refractivity contribution is -0.125. The van der Waals surface area contributed by atoms with Crippen molar-refractivity contribution in [3.63, 3.8) is 0 Å². The fourth-order valence-corrected chi connectivity index (χ4v) is 7.62. The molecule has 3 aromatic rings. The first kappa shape index (κ1) is 21.8. The van der Waals surface area contributed by atoms with Gasteiger partial charge in [0.25, 0.3) is 5.56 Å². The summed E-state index contributed by atoms with van der Waals surface area (Å²) >= 11 is 3.47. The number of rotatable bonds is 5. The average molecular weight is 522 g/mol. The molecule has 6 nitrogen and oxygen atoms in total. The third-order valence-electron chi connectivity index (χ3n) is 8.15. The number of carbonyl (C=O) groups is 1. The summed E-state index contributed by atoms with van der Waals surface area (Å²) in [5.41, 5.74) is 4.10. The minimum atomic E-state index is -0.326. The van der Waals surface area contributed by atoms with Crippen molar-refractivity contribution < 1.29 is 9.53 Å². The van der Waals surface area contributed by atoms with E-state index in [1.807, 2.05) is 36.4 Å². The van der Waals surface area contributed by atoms with Crippen LogP contribution in [0.25, 0.3) is 22.0 Å². The van der Waals surface area contributed by atoms with Crippen LogP contribution in [0.1, 0.15) is 44.9 Å². The summed E-state index contributed by atoms with van der Waals surface area (Å²) in [4.78, 5) is 27.7. The minimum Gasteiger partial charge on any atom is -0.497 e. The van der Waals surface area contributed by atoms with E-state index in [4.69, 9.17) is 4.74 Å². The fraction of sp³-hybridized carbons (Fsp3) is 0.444. The van der Waals surface area contributed by atoms with Crippen molar-refractivity contribution in [2.45, 2.75) is 44.9 Å². The molecule has 34 heavy (non-hydrogen) atoms. The number of methoxy groups -OCH3 is 1. The molecule has 4 aliphatic carbocycles. The lowest BCUT2D eigenvalue weighted by atomic mass is 9.49. The number of aromatic nitrogens is 2. The first-order valence-corrected chi connectivity index (χ1v) is 12.9. The van der Waals surface area contributed by atoms with Gasteiger partial charge in [0, 0.05) is 21.8 Å². The number of ether oxygens (including phenoxy) is 1. The fourth-order valence-electron chi connectivity index (χ4n) is 7.26. The molecule has 7 heteroatoms. The van der Waals surface area contributed by atoms with Gasteiger partial charge in [-0.05, 0) is 98.1 Å². The van der Waals surface area contributed by atoms with Gasteiger partial charge in [0.15, 0.2) is 0 Å². The van der Waals surface area contributed by atoms with E-state index in [2.05, 4.69) is 26.5 Å². The summed E-state index contributed by atoms with van der Waals surface area (Å²) in [5, 5.41) is 5.85. The number of halogens is 1. The van der Waals surface area contributed by atoms with Crippen LogP contribution in [0.4, 0.5) is 0 Å². The molecule has 0 unspecified atom stereocenters. The molecule has 0 saturated heterocycles. The van der Waals surface area contributed by atoms with Crippen molar-refractivity contribution in [2.75, 3.05) is 12.5 Å². The van der Waals surface area contributed by atoms with Crippen LogP contribution >= 0.6 is 15.9 Å². The molecular weight excluding hydrogens is 494 g/mol. The first-order chi connectivity index (χ1) is 16.4.